The molecule has 0 aliphatic carbocycles. The third-order valence-electron chi connectivity index (χ3n) is 3.66. The third-order valence-corrected chi connectivity index (χ3v) is 4.59. The average molecular weight is 391 g/mol. The fraction of sp³-hybridized carbons (Fsp3) is 0.222. The van der Waals surface area contributed by atoms with Crippen molar-refractivity contribution < 1.29 is 22.7 Å². The lowest BCUT2D eigenvalue weighted by Crippen LogP contribution is -2.29. The van der Waals surface area contributed by atoms with Gasteiger partial charge in [-0.25, -0.2) is 13.6 Å². The van der Waals surface area contributed by atoms with E-state index in [0.29, 0.717) is 24.4 Å². The maximum absolute atomic E-state index is 11.9. The monoisotopic (exact) mass is 391 g/mol. The van der Waals surface area contributed by atoms with Crippen LogP contribution in [0.15, 0.2) is 53.4 Å². The molecule has 0 saturated carbocycles. The standard InChI is InChI=1S/C18H21N3O5S/c1-26-15-4-2-3-14(11-15)21-18(23)12-17(22)20-10-9-13-5-7-16(8-6-13)27(19,24)25/h2-8,11H,9-10,12H2,1H3,(H,20,22)(H,21,23)(H2,19,24,25). The van der Waals surface area contributed by atoms with Crippen molar-refractivity contribution in [2.75, 3.05) is 19.0 Å². The van der Waals surface area contributed by atoms with Gasteiger partial charge in [-0.15, -0.1) is 0 Å². The maximum atomic E-state index is 11.9. The number of hydrogen-bond acceptors (Lipinski definition) is 5. The van der Waals surface area contributed by atoms with Crippen LogP contribution in [0.4, 0.5) is 5.69 Å². The lowest BCUT2D eigenvalue weighted by Gasteiger charge is -2.08. The van der Waals surface area contributed by atoms with Crippen molar-refractivity contribution in [2.24, 2.45) is 5.14 Å². The molecule has 0 saturated heterocycles. The van der Waals surface area contributed by atoms with E-state index in [1.54, 1.807) is 36.4 Å². The van der Waals surface area contributed by atoms with Crippen molar-refractivity contribution in [3.05, 3.63) is 54.1 Å². The van der Waals surface area contributed by atoms with Crippen LogP contribution in [0.5, 0.6) is 5.75 Å². The largest absolute Gasteiger partial charge is 0.497 e. The minimum absolute atomic E-state index is 0.0319. The molecule has 8 nitrogen and oxygen atoms in total. The Labute approximate surface area is 157 Å². The summed E-state index contributed by atoms with van der Waals surface area (Å²) < 4.78 is 27.5. The predicted octanol–water partition coefficient (Wildman–Crippen LogP) is 1.03. The number of methoxy groups -OCH3 is 1. The van der Waals surface area contributed by atoms with Crippen molar-refractivity contribution >= 4 is 27.5 Å². The summed E-state index contributed by atoms with van der Waals surface area (Å²) in [6.45, 7) is 0.319. The minimum atomic E-state index is -3.72. The quantitative estimate of drug-likeness (QED) is 0.579. The summed E-state index contributed by atoms with van der Waals surface area (Å²) in [7, 11) is -2.19. The summed E-state index contributed by atoms with van der Waals surface area (Å²) in [4.78, 5) is 23.8. The van der Waals surface area contributed by atoms with Gasteiger partial charge in [0.2, 0.25) is 21.8 Å². The van der Waals surface area contributed by atoms with Crippen LogP contribution >= 0.6 is 0 Å². The highest BCUT2D eigenvalue weighted by atomic mass is 32.2. The molecule has 9 heteroatoms. The Balaban J connectivity index is 1.76. The Bertz CT molecular complexity index is 911. The lowest BCUT2D eigenvalue weighted by atomic mass is 10.1. The van der Waals surface area contributed by atoms with Gasteiger partial charge < -0.3 is 15.4 Å². The topological polar surface area (TPSA) is 128 Å². The Kier molecular flexibility index (Phi) is 6.91. The molecule has 2 aromatic rings. The second kappa shape index (κ2) is 9.15. The predicted molar refractivity (Wildman–Crippen MR) is 101 cm³/mol. The normalized spacial score (nSPS) is 10.9. The number of ether oxygens (including phenoxy) is 1. The molecule has 4 N–H and O–H groups in total. The van der Waals surface area contributed by atoms with Crippen LogP contribution in [0.2, 0.25) is 0 Å². The number of hydrogen-bond donors (Lipinski definition) is 3. The number of carbonyl (C=O) groups excluding carboxylic acids is 2. The minimum Gasteiger partial charge on any atom is -0.497 e. The molecule has 0 aliphatic rings. The number of anilines is 1. The van der Waals surface area contributed by atoms with Gasteiger partial charge in [-0.2, -0.15) is 0 Å². The number of nitrogens with one attached hydrogen (secondary N) is 2. The van der Waals surface area contributed by atoms with E-state index < -0.39 is 21.8 Å². The number of sulfonamides is 1. The SMILES string of the molecule is COc1cccc(NC(=O)CC(=O)NCCc2ccc(S(N)(=O)=O)cc2)c1. The molecule has 144 valence electrons. The van der Waals surface area contributed by atoms with Crippen molar-refractivity contribution in [1.29, 1.82) is 0 Å². The van der Waals surface area contributed by atoms with Gasteiger partial charge in [0.1, 0.15) is 12.2 Å². The fourth-order valence-corrected chi connectivity index (χ4v) is 2.82. The summed E-state index contributed by atoms with van der Waals surface area (Å²) in [5, 5.41) is 10.3. The molecule has 0 atom stereocenters. The van der Waals surface area contributed by atoms with Crippen molar-refractivity contribution in [3.63, 3.8) is 0 Å². The van der Waals surface area contributed by atoms with Crippen molar-refractivity contribution in [3.8, 4) is 5.75 Å². The maximum Gasteiger partial charge on any atom is 0.238 e. The third kappa shape index (κ3) is 6.72. The van der Waals surface area contributed by atoms with Gasteiger partial charge in [0, 0.05) is 18.3 Å². The highest BCUT2D eigenvalue weighted by molar-refractivity contribution is 7.89. The summed E-state index contributed by atoms with van der Waals surface area (Å²) in [5.74, 6) is -0.236. The van der Waals surface area contributed by atoms with E-state index in [9.17, 15) is 18.0 Å². The number of carbonyl (C=O) groups is 2. The van der Waals surface area contributed by atoms with Gasteiger partial charge in [-0.1, -0.05) is 18.2 Å². The second-order valence-corrected chi connectivity index (χ2v) is 7.31. The first-order chi connectivity index (χ1) is 12.8. The first-order valence-corrected chi connectivity index (χ1v) is 9.65. The van der Waals surface area contributed by atoms with E-state index >= 15 is 0 Å². The molecule has 0 heterocycles. The van der Waals surface area contributed by atoms with Gasteiger partial charge in [0.25, 0.3) is 0 Å². The van der Waals surface area contributed by atoms with Crippen LogP contribution in [0.3, 0.4) is 0 Å². The van der Waals surface area contributed by atoms with Gasteiger partial charge in [0.15, 0.2) is 0 Å². The zero-order valence-electron chi connectivity index (χ0n) is 14.8. The molecule has 2 aromatic carbocycles. The van der Waals surface area contributed by atoms with E-state index in [2.05, 4.69) is 10.6 Å². The Morgan fingerprint density at radius 1 is 1.07 bits per heavy atom. The van der Waals surface area contributed by atoms with Crippen LogP contribution in [-0.2, 0) is 26.0 Å². The first kappa shape index (κ1) is 20.4. The Morgan fingerprint density at radius 3 is 2.41 bits per heavy atom. The highest BCUT2D eigenvalue weighted by Gasteiger charge is 2.10. The van der Waals surface area contributed by atoms with Gasteiger partial charge in [0.05, 0.1) is 12.0 Å². The lowest BCUT2D eigenvalue weighted by molar-refractivity contribution is -0.126. The molecule has 27 heavy (non-hydrogen) atoms. The number of nitrogens with two attached hydrogens (primary N) is 1. The molecule has 0 fully saturated rings. The number of benzene rings is 2. The van der Waals surface area contributed by atoms with Crippen LogP contribution in [-0.4, -0.2) is 33.9 Å². The van der Waals surface area contributed by atoms with Gasteiger partial charge in [-0.05, 0) is 36.2 Å². The Morgan fingerprint density at radius 2 is 1.78 bits per heavy atom. The van der Waals surface area contributed by atoms with Crippen LogP contribution in [0.25, 0.3) is 0 Å². The molecule has 0 spiro atoms. The summed E-state index contributed by atoms with van der Waals surface area (Å²) in [6.07, 6.45) is 0.190. The molecule has 2 amide bonds. The molecule has 2 rings (SSSR count). The number of primary sulfonamides is 1. The molecule has 0 aliphatic heterocycles. The van der Waals surface area contributed by atoms with E-state index in [1.807, 2.05) is 0 Å². The fourth-order valence-electron chi connectivity index (χ4n) is 2.31. The molecule has 0 radical (unpaired) electrons. The first-order valence-electron chi connectivity index (χ1n) is 8.10. The summed E-state index contributed by atoms with van der Waals surface area (Å²) >= 11 is 0. The second-order valence-electron chi connectivity index (χ2n) is 5.75. The smallest absolute Gasteiger partial charge is 0.238 e. The molecular weight excluding hydrogens is 370 g/mol. The van der Waals surface area contributed by atoms with Crippen LogP contribution < -0.4 is 20.5 Å². The average Bonchev–Trinajstić information content (AvgIpc) is 2.61. The van der Waals surface area contributed by atoms with Crippen LogP contribution in [0.1, 0.15) is 12.0 Å². The Hall–Kier alpha value is -2.91. The van der Waals surface area contributed by atoms with Crippen LogP contribution in [0, 0.1) is 0 Å². The van der Waals surface area contributed by atoms with Crippen molar-refractivity contribution in [2.45, 2.75) is 17.7 Å². The van der Waals surface area contributed by atoms with E-state index in [-0.39, 0.29) is 11.3 Å². The summed E-state index contributed by atoms with van der Waals surface area (Å²) in [6, 6.07) is 12.9. The van der Waals surface area contributed by atoms with Gasteiger partial charge >= 0.3 is 0 Å². The van der Waals surface area contributed by atoms with Gasteiger partial charge in [-0.3, -0.25) is 9.59 Å². The molecular formula is C18H21N3O5S. The molecule has 0 aromatic heterocycles. The van der Waals surface area contributed by atoms with E-state index in [4.69, 9.17) is 9.88 Å². The highest BCUT2D eigenvalue weighted by Crippen LogP contribution is 2.16. The zero-order chi connectivity index (χ0) is 19.9. The molecule has 0 unspecified atom stereocenters. The van der Waals surface area contributed by atoms with Crippen molar-refractivity contribution in [1.82, 2.24) is 5.32 Å². The molecule has 0 bridgehead atoms. The van der Waals surface area contributed by atoms with E-state index in [0.717, 1.165) is 5.56 Å². The zero-order valence-corrected chi connectivity index (χ0v) is 15.6. The number of amides is 2. The number of rotatable bonds is 8. The van der Waals surface area contributed by atoms with E-state index in [1.165, 1.54) is 19.2 Å². The summed E-state index contributed by atoms with van der Waals surface area (Å²) in [5.41, 5.74) is 1.38.